The van der Waals surface area contributed by atoms with Gasteiger partial charge in [-0.05, 0) is 36.8 Å². The van der Waals surface area contributed by atoms with E-state index in [-0.39, 0.29) is 5.91 Å². The van der Waals surface area contributed by atoms with Crippen LogP contribution >= 0.6 is 11.6 Å². The molecule has 0 unspecified atom stereocenters. The Kier molecular flexibility index (Phi) is 3.48. The molecule has 0 aliphatic carbocycles. The lowest BCUT2D eigenvalue weighted by molar-refractivity contribution is 0.102. The predicted molar refractivity (Wildman–Crippen MR) is 72.8 cm³/mol. The summed E-state index contributed by atoms with van der Waals surface area (Å²) in [5.74, 6) is -0.264. The third-order valence-electron chi connectivity index (χ3n) is 2.47. The molecule has 2 aromatic rings. The van der Waals surface area contributed by atoms with Crippen molar-refractivity contribution < 1.29 is 4.79 Å². The van der Waals surface area contributed by atoms with Gasteiger partial charge in [-0.3, -0.25) is 9.78 Å². The maximum absolute atomic E-state index is 12.0. The van der Waals surface area contributed by atoms with Gasteiger partial charge in [0.1, 0.15) is 0 Å². The van der Waals surface area contributed by atoms with E-state index >= 15 is 0 Å². The predicted octanol–water partition coefficient (Wildman–Crippen LogP) is 2.88. The van der Waals surface area contributed by atoms with Crippen LogP contribution in [-0.2, 0) is 0 Å². The van der Waals surface area contributed by atoms with Crippen LogP contribution in [0.25, 0.3) is 0 Å². The summed E-state index contributed by atoms with van der Waals surface area (Å²) in [7, 11) is 0. The Hall–Kier alpha value is -2.07. The van der Waals surface area contributed by atoms with Crippen molar-refractivity contribution >= 4 is 28.9 Å². The number of nitrogens with zero attached hydrogens (tertiary/aromatic N) is 1. The molecule has 1 aromatic carbocycles. The summed E-state index contributed by atoms with van der Waals surface area (Å²) >= 11 is 5.86. The fourth-order valence-corrected chi connectivity index (χ4v) is 1.78. The molecule has 0 radical (unpaired) electrons. The van der Waals surface area contributed by atoms with E-state index < -0.39 is 0 Å². The van der Waals surface area contributed by atoms with Gasteiger partial charge in [0.25, 0.3) is 5.91 Å². The topological polar surface area (TPSA) is 68.0 Å². The number of rotatable bonds is 2. The molecule has 0 saturated carbocycles. The third-order valence-corrected chi connectivity index (χ3v) is 2.69. The number of nitrogens with two attached hydrogens (primary N) is 1. The minimum absolute atomic E-state index is 0.264. The zero-order valence-corrected chi connectivity index (χ0v) is 10.5. The second kappa shape index (κ2) is 5.06. The molecule has 0 aliphatic rings. The molecule has 1 heterocycles. The van der Waals surface area contributed by atoms with Crippen LogP contribution in [0.4, 0.5) is 11.4 Å². The summed E-state index contributed by atoms with van der Waals surface area (Å²) in [5.41, 5.74) is 8.12. The molecule has 0 saturated heterocycles. The van der Waals surface area contributed by atoms with Gasteiger partial charge in [0.05, 0.1) is 11.9 Å². The summed E-state index contributed by atoms with van der Waals surface area (Å²) in [5, 5.41) is 3.20. The van der Waals surface area contributed by atoms with Crippen molar-refractivity contribution in [3.8, 4) is 0 Å². The van der Waals surface area contributed by atoms with Crippen LogP contribution in [0.5, 0.6) is 0 Å². The largest absolute Gasteiger partial charge is 0.399 e. The molecule has 1 aromatic heterocycles. The first-order valence-corrected chi connectivity index (χ1v) is 5.72. The highest BCUT2D eigenvalue weighted by Gasteiger charge is 2.09. The lowest BCUT2D eigenvalue weighted by Crippen LogP contribution is -2.13. The molecular formula is C13H12ClN3O. The second-order valence-electron chi connectivity index (χ2n) is 3.92. The monoisotopic (exact) mass is 261 g/mol. The van der Waals surface area contributed by atoms with E-state index in [9.17, 15) is 4.79 Å². The lowest BCUT2D eigenvalue weighted by Gasteiger charge is -2.08. The summed E-state index contributed by atoms with van der Waals surface area (Å²) in [6.45, 7) is 1.89. The Morgan fingerprint density at radius 2 is 2.17 bits per heavy atom. The van der Waals surface area contributed by atoms with E-state index in [0.717, 1.165) is 5.56 Å². The second-order valence-corrected chi connectivity index (χ2v) is 4.35. The van der Waals surface area contributed by atoms with E-state index in [2.05, 4.69) is 10.3 Å². The molecule has 3 N–H and O–H groups in total. The molecule has 92 valence electrons. The number of carbonyl (C=O) groups is 1. The van der Waals surface area contributed by atoms with E-state index in [1.54, 1.807) is 30.6 Å². The number of anilines is 2. The van der Waals surface area contributed by atoms with Crippen LogP contribution in [0.15, 0.2) is 36.7 Å². The molecule has 0 aliphatic heterocycles. The lowest BCUT2D eigenvalue weighted by atomic mass is 10.1. The van der Waals surface area contributed by atoms with Crippen LogP contribution in [0.2, 0.25) is 5.02 Å². The standard InChI is InChI=1S/C13H12ClN3O/c1-8-2-3-16-7-12(8)17-13(18)9-4-10(14)6-11(15)5-9/h2-7H,15H2,1H3,(H,17,18). The molecule has 5 heteroatoms. The molecule has 18 heavy (non-hydrogen) atoms. The molecule has 0 spiro atoms. The number of amides is 1. The van der Waals surface area contributed by atoms with Crippen molar-refractivity contribution in [2.75, 3.05) is 11.1 Å². The number of carbonyl (C=O) groups excluding carboxylic acids is 1. The number of aromatic nitrogens is 1. The number of benzene rings is 1. The van der Waals surface area contributed by atoms with Crippen LogP contribution in [0.1, 0.15) is 15.9 Å². The van der Waals surface area contributed by atoms with Crippen molar-refractivity contribution in [1.29, 1.82) is 0 Å². The van der Waals surface area contributed by atoms with Gasteiger partial charge >= 0.3 is 0 Å². The summed E-state index contributed by atoms with van der Waals surface area (Å²) < 4.78 is 0. The average Bonchev–Trinajstić information content (AvgIpc) is 2.31. The number of hydrogen-bond acceptors (Lipinski definition) is 3. The van der Waals surface area contributed by atoms with Crippen LogP contribution in [-0.4, -0.2) is 10.9 Å². The first-order valence-electron chi connectivity index (χ1n) is 5.34. The molecule has 0 fully saturated rings. The Bertz CT molecular complexity index is 578. The normalized spacial score (nSPS) is 10.1. The average molecular weight is 262 g/mol. The number of pyridine rings is 1. The fourth-order valence-electron chi connectivity index (χ4n) is 1.53. The van der Waals surface area contributed by atoms with Crippen molar-refractivity contribution in [2.45, 2.75) is 6.92 Å². The van der Waals surface area contributed by atoms with E-state index in [1.807, 2.05) is 13.0 Å². The molecule has 2 rings (SSSR count). The smallest absolute Gasteiger partial charge is 0.255 e. The molecule has 4 nitrogen and oxygen atoms in total. The van der Waals surface area contributed by atoms with Gasteiger partial charge in [-0.15, -0.1) is 0 Å². The Labute approximate surface area is 110 Å². The highest BCUT2D eigenvalue weighted by molar-refractivity contribution is 6.31. The first kappa shape index (κ1) is 12.4. The third kappa shape index (κ3) is 2.78. The first-order chi connectivity index (χ1) is 8.56. The summed E-state index contributed by atoms with van der Waals surface area (Å²) in [6.07, 6.45) is 3.27. The van der Waals surface area contributed by atoms with Crippen LogP contribution in [0, 0.1) is 6.92 Å². The minimum atomic E-state index is -0.264. The number of nitrogens with one attached hydrogen (secondary N) is 1. The number of halogens is 1. The van der Waals surface area contributed by atoms with E-state index in [1.165, 1.54) is 0 Å². The van der Waals surface area contributed by atoms with Gasteiger partial charge in [-0.2, -0.15) is 0 Å². The Morgan fingerprint density at radius 1 is 1.39 bits per heavy atom. The van der Waals surface area contributed by atoms with Crippen LogP contribution < -0.4 is 11.1 Å². The van der Waals surface area contributed by atoms with Crippen molar-refractivity contribution in [2.24, 2.45) is 0 Å². The van der Waals surface area contributed by atoms with Crippen molar-refractivity contribution in [1.82, 2.24) is 4.98 Å². The maximum Gasteiger partial charge on any atom is 0.255 e. The number of nitrogen functional groups attached to an aromatic ring is 1. The quantitative estimate of drug-likeness (QED) is 0.817. The highest BCUT2D eigenvalue weighted by Crippen LogP contribution is 2.18. The van der Waals surface area contributed by atoms with Crippen LogP contribution in [0.3, 0.4) is 0 Å². The van der Waals surface area contributed by atoms with Gasteiger partial charge in [0.2, 0.25) is 0 Å². The number of hydrogen-bond donors (Lipinski definition) is 2. The van der Waals surface area contributed by atoms with Gasteiger partial charge in [0.15, 0.2) is 0 Å². The fraction of sp³-hybridized carbons (Fsp3) is 0.0769. The van der Waals surface area contributed by atoms with Crippen molar-refractivity contribution in [3.63, 3.8) is 0 Å². The highest BCUT2D eigenvalue weighted by atomic mass is 35.5. The molecule has 1 amide bonds. The van der Waals surface area contributed by atoms with Crippen molar-refractivity contribution in [3.05, 3.63) is 52.8 Å². The number of aryl methyl sites for hydroxylation is 1. The Morgan fingerprint density at radius 3 is 2.83 bits per heavy atom. The van der Waals surface area contributed by atoms with Gasteiger partial charge in [0, 0.05) is 22.5 Å². The summed E-state index contributed by atoms with van der Waals surface area (Å²) in [4.78, 5) is 16.0. The van der Waals surface area contributed by atoms with Gasteiger partial charge < -0.3 is 11.1 Å². The van der Waals surface area contributed by atoms with Gasteiger partial charge in [-0.25, -0.2) is 0 Å². The molecule has 0 bridgehead atoms. The van der Waals surface area contributed by atoms with Gasteiger partial charge in [-0.1, -0.05) is 11.6 Å². The minimum Gasteiger partial charge on any atom is -0.399 e. The van der Waals surface area contributed by atoms with E-state index in [0.29, 0.717) is 22.0 Å². The van der Waals surface area contributed by atoms with E-state index in [4.69, 9.17) is 17.3 Å². The molecule has 0 atom stereocenters. The maximum atomic E-state index is 12.0. The summed E-state index contributed by atoms with van der Waals surface area (Å²) in [6, 6.07) is 6.56. The molecular weight excluding hydrogens is 250 g/mol. The SMILES string of the molecule is Cc1ccncc1NC(=O)c1cc(N)cc(Cl)c1. The zero-order chi connectivity index (χ0) is 13.1. The zero-order valence-electron chi connectivity index (χ0n) is 9.77. The Balaban J connectivity index is 2.25.